The van der Waals surface area contributed by atoms with Crippen LogP contribution in [0.4, 0.5) is 0 Å². The summed E-state index contributed by atoms with van der Waals surface area (Å²) < 4.78 is 22.0. The lowest BCUT2D eigenvalue weighted by atomic mass is 10.1. The van der Waals surface area contributed by atoms with Gasteiger partial charge in [-0.15, -0.1) is 0 Å². The van der Waals surface area contributed by atoms with Gasteiger partial charge in [0.2, 0.25) is 0 Å². The molecule has 0 heterocycles. The van der Waals surface area contributed by atoms with Crippen LogP contribution in [0.15, 0.2) is 48.0 Å². The fourth-order valence-corrected chi connectivity index (χ4v) is 2.46. The van der Waals surface area contributed by atoms with Crippen LogP contribution in [0, 0.1) is 18.3 Å². The third-order valence-electron chi connectivity index (χ3n) is 3.83. The predicted molar refractivity (Wildman–Crippen MR) is 110 cm³/mol. The van der Waals surface area contributed by atoms with E-state index in [1.807, 2.05) is 44.2 Å². The van der Waals surface area contributed by atoms with Gasteiger partial charge >= 0.3 is 5.97 Å². The summed E-state index contributed by atoms with van der Waals surface area (Å²) in [5.41, 5.74) is 1.74. The van der Waals surface area contributed by atoms with E-state index in [1.54, 1.807) is 25.1 Å². The first kappa shape index (κ1) is 21.8. The van der Waals surface area contributed by atoms with Gasteiger partial charge in [-0.2, -0.15) is 5.26 Å². The van der Waals surface area contributed by atoms with Crippen molar-refractivity contribution in [2.75, 3.05) is 26.4 Å². The number of benzene rings is 2. The van der Waals surface area contributed by atoms with Gasteiger partial charge in [-0.05, 0) is 56.7 Å². The molecule has 0 aliphatic rings. The third-order valence-corrected chi connectivity index (χ3v) is 3.83. The van der Waals surface area contributed by atoms with Gasteiger partial charge in [0.25, 0.3) is 0 Å². The molecule has 0 aromatic heterocycles. The smallest absolute Gasteiger partial charge is 0.348 e. The van der Waals surface area contributed by atoms with Crippen molar-refractivity contribution in [2.45, 2.75) is 20.8 Å². The molecule has 2 rings (SSSR count). The lowest BCUT2D eigenvalue weighted by Crippen LogP contribution is -2.10. The molecule has 0 aliphatic carbocycles. The largest absolute Gasteiger partial charge is 0.490 e. The molecule has 0 fully saturated rings. The van der Waals surface area contributed by atoms with E-state index in [9.17, 15) is 10.1 Å². The Labute approximate surface area is 171 Å². The molecule has 0 amide bonds. The van der Waals surface area contributed by atoms with Crippen LogP contribution in [0.2, 0.25) is 0 Å². The minimum atomic E-state index is -0.651. The van der Waals surface area contributed by atoms with E-state index in [2.05, 4.69) is 0 Å². The molecular formula is C23H25NO5. The van der Waals surface area contributed by atoms with Crippen LogP contribution >= 0.6 is 0 Å². The van der Waals surface area contributed by atoms with Gasteiger partial charge in [-0.1, -0.05) is 23.8 Å². The molecule has 6 nitrogen and oxygen atoms in total. The van der Waals surface area contributed by atoms with Gasteiger partial charge in [-0.25, -0.2) is 4.79 Å². The predicted octanol–water partition coefficient (Wildman–Crippen LogP) is 4.32. The van der Waals surface area contributed by atoms with Crippen molar-refractivity contribution >= 4 is 12.0 Å². The van der Waals surface area contributed by atoms with Crippen molar-refractivity contribution in [2.24, 2.45) is 0 Å². The van der Waals surface area contributed by atoms with E-state index in [4.69, 9.17) is 18.9 Å². The Morgan fingerprint density at radius 2 is 1.69 bits per heavy atom. The van der Waals surface area contributed by atoms with Gasteiger partial charge in [0.1, 0.15) is 30.6 Å². The number of esters is 1. The molecule has 152 valence electrons. The fraction of sp³-hybridized carbons (Fsp3) is 0.304. The van der Waals surface area contributed by atoms with E-state index in [-0.39, 0.29) is 12.2 Å². The van der Waals surface area contributed by atoms with Crippen LogP contribution in [0.5, 0.6) is 17.2 Å². The molecular weight excluding hydrogens is 370 g/mol. The Morgan fingerprint density at radius 3 is 2.34 bits per heavy atom. The van der Waals surface area contributed by atoms with E-state index in [0.717, 1.165) is 5.75 Å². The van der Waals surface area contributed by atoms with Crippen LogP contribution in [0.3, 0.4) is 0 Å². The normalized spacial score (nSPS) is 10.8. The Kier molecular flexibility index (Phi) is 8.58. The SMILES string of the molecule is CCOC(=O)/C(C#N)=C/c1ccc(OCCOc2ccc(C)cc2)c(OCC)c1. The molecule has 0 radical (unpaired) electrons. The number of rotatable bonds is 10. The maximum Gasteiger partial charge on any atom is 0.348 e. The van der Waals surface area contributed by atoms with Gasteiger partial charge in [0, 0.05) is 0 Å². The lowest BCUT2D eigenvalue weighted by molar-refractivity contribution is -0.137. The number of hydrogen-bond acceptors (Lipinski definition) is 6. The second-order valence-electron chi connectivity index (χ2n) is 6.04. The average Bonchev–Trinajstić information content (AvgIpc) is 2.72. The molecule has 6 heteroatoms. The Bertz CT molecular complexity index is 881. The molecule has 2 aromatic carbocycles. The highest BCUT2D eigenvalue weighted by Gasteiger charge is 2.11. The van der Waals surface area contributed by atoms with E-state index >= 15 is 0 Å². The van der Waals surface area contributed by atoms with Crippen LogP contribution in [0.1, 0.15) is 25.0 Å². The molecule has 0 aliphatic heterocycles. The summed E-state index contributed by atoms with van der Waals surface area (Å²) in [5, 5.41) is 9.18. The minimum Gasteiger partial charge on any atom is -0.490 e. The van der Waals surface area contributed by atoms with Gasteiger partial charge in [-0.3, -0.25) is 0 Å². The summed E-state index contributed by atoms with van der Waals surface area (Å²) in [4.78, 5) is 11.8. The number of hydrogen-bond donors (Lipinski definition) is 0. The second-order valence-corrected chi connectivity index (χ2v) is 6.04. The molecule has 29 heavy (non-hydrogen) atoms. The zero-order valence-corrected chi connectivity index (χ0v) is 16.9. The number of nitriles is 1. The zero-order chi connectivity index (χ0) is 21.1. The zero-order valence-electron chi connectivity index (χ0n) is 16.9. The minimum absolute atomic E-state index is 0.0746. The van der Waals surface area contributed by atoms with Crippen molar-refractivity contribution in [1.82, 2.24) is 0 Å². The van der Waals surface area contributed by atoms with Crippen molar-refractivity contribution in [3.8, 4) is 23.3 Å². The second kappa shape index (κ2) is 11.4. The number of nitrogens with zero attached hydrogens (tertiary/aromatic N) is 1. The molecule has 0 saturated heterocycles. The van der Waals surface area contributed by atoms with E-state index in [1.165, 1.54) is 11.6 Å². The molecule has 2 aromatic rings. The van der Waals surface area contributed by atoms with E-state index in [0.29, 0.717) is 36.9 Å². The Balaban J connectivity index is 2.03. The van der Waals surface area contributed by atoms with Crippen LogP contribution in [-0.4, -0.2) is 32.4 Å². The van der Waals surface area contributed by atoms with Crippen LogP contribution in [0.25, 0.3) is 6.08 Å². The number of carbonyl (C=O) groups is 1. The summed E-state index contributed by atoms with van der Waals surface area (Å²) >= 11 is 0. The van der Waals surface area contributed by atoms with Gasteiger partial charge in [0.05, 0.1) is 13.2 Å². The van der Waals surface area contributed by atoms with Crippen molar-refractivity contribution < 1.29 is 23.7 Å². The first-order chi connectivity index (χ1) is 14.1. The number of ether oxygens (including phenoxy) is 4. The van der Waals surface area contributed by atoms with E-state index < -0.39 is 5.97 Å². The highest BCUT2D eigenvalue weighted by atomic mass is 16.5. The summed E-state index contributed by atoms with van der Waals surface area (Å²) in [6.45, 7) is 6.97. The first-order valence-electron chi connectivity index (χ1n) is 9.45. The van der Waals surface area contributed by atoms with Crippen molar-refractivity contribution in [3.63, 3.8) is 0 Å². The third kappa shape index (κ3) is 6.89. The standard InChI is InChI=1S/C23H25NO5/c1-4-26-22-15-18(14-19(16-24)23(25)27-5-2)8-11-21(22)29-13-12-28-20-9-6-17(3)7-10-20/h6-11,14-15H,4-5,12-13H2,1-3H3/b19-14+. The highest BCUT2D eigenvalue weighted by molar-refractivity contribution is 5.97. The average molecular weight is 395 g/mol. The first-order valence-corrected chi connectivity index (χ1v) is 9.45. The lowest BCUT2D eigenvalue weighted by Gasteiger charge is -2.13. The van der Waals surface area contributed by atoms with Crippen LogP contribution < -0.4 is 14.2 Å². The maximum atomic E-state index is 11.8. The van der Waals surface area contributed by atoms with Crippen LogP contribution in [-0.2, 0) is 9.53 Å². The van der Waals surface area contributed by atoms with Gasteiger partial charge < -0.3 is 18.9 Å². The van der Waals surface area contributed by atoms with Crippen molar-refractivity contribution in [3.05, 3.63) is 59.2 Å². The molecule has 0 spiro atoms. The van der Waals surface area contributed by atoms with Gasteiger partial charge in [0.15, 0.2) is 11.5 Å². The monoisotopic (exact) mass is 395 g/mol. The summed E-state index contributed by atoms with van der Waals surface area (Å²) in [6.07, 6.45) is 1.46. The summed E-state index contributed by atoms with van der Waals surface area (Å²) in [5.74, 6) is 1.22. The molecule has 0 N–H and O–H groups in total. The molecule has 0 saturated carbocycles. The summed E-state index contributed by atoms with van der Waals surface area (Å²) in [7, 11) is 0. The molecule has 0 bridgehead atoms. The Hall–Kier alpha value is -3.46. The van der Waals surface area contributed by atoms with Crippen molar-refractivity contribution in [1.29, 1.82) is 5.26 Å². The topological polar surface area (TPSA) is 77.8 Å². The Morgan fingerprint density at radius 1 is 0.966 bits per heavy atom. The molecule has 0 unspecified atom stereocenters. The summed E-state index contributed by atoms with van der Waals surface area (Å²) in [6, 6.07) is 14.9. The number of carbonyl (C=O) groups excluding carboxylic acids is 1. The number of aryl methyl sites for hydroxylation is 1. The fourth-order valence-electron chi connectivity index (χ4n) is 2.46. The quantitative estimate of drug-likeness (QED) is 0.258. The highest BCUT2D eigenvalue weighted by Crippen LogP contribution is 2.29. The molecule has 0 atom stereocenters. The maximum absolute atomic E-state index is 11.8.